The summed E-state index contributed by atoms with van der Waals surface area (Å²) in [5.41, 5.74) is 1.88. The van der Waals surface area contributed by atoms with Crippen LogP contribution in [0.15, 0.2) is 36.0 Å². The number of carbonyl (C=O) groups is 2. The first kappa shape index (κ1) is 18.3. The maximum Gasteiger partial charge on any atom is 0.315 e. The van der Waals surface area contributed by atoms with Gasteiger partial charge in [0, 0.05) is 36.3 Å². The van der Waals surface area contributed by atoms with E-state index in [9.17, 15) is 9.59 Å². The number of esters is 1. The molecule has 0 saturated heterocycles. The second kappa shape index (κ2) is 5.75. The van der Waals surface area contributed by atoms with Gasteiger partial charge in [0.2, 0.25) is 0 Å². The predicted octanol–water partition coefficient (Wildman–Crippen LogP) is 3.99. The van der Waals surface area contributed by atoms with Gasteiger partial charge in [-0.1, -0.05) is 32.0 Å². The Balaban J connectivity index is 1.71. The van der Waals surface area contributed by atoms with Crippen molar-refractivity contribution in [1.82, 2.24) is 0 Å². The van der Waals surface area contributed by atoms with Crippen LogP contribution < -0.4 is 4.90 Å². The Morgan fingerprint density at radius 2 is 1.84 bits per heavy atom. The van der Waals surface area contributed by atoms with Crippen molar-refractivity contribution >= 4 is 40.6 Å². The third-order valence-electron chi connectivity index (χ3n) is 5.29. The summed E-state index contributed by atoms with van der Waals surface area (Å²) in [6.45, 7) is 5.47. The Kier molecular flexibility index (Phi) is 4.20. The molecule has 1 saturated carbocycles. The minimum atomic E-state index is -1.10. The number of fused-ring (bicyclic) bond motifs is 1. The topological polar surface area (TPSA) is 46.6 Å². The fraction of sp³-hybridized carbons (Fsp3) is 0.474. The van der Waals surface area contributed by atoms with Crippen molar-refractivity contribution in [3.63, 3.8) is 0 Å². The van der Waals surface area contributed by atoms with Gasteiger partial charge in [0.1, 0.15) is 9.75 Å². The molecule has 1 aromatic rings. The van der Waals surface area contributed by atoms with Crippen molar-refractivity contribution in [3.05, 3.63) is 41.6 Å². The summed E-state index contributed by atoms with van der Waals surface area (Å²) in [4.78, 5) is 26.4. The average Bonchev–Trinajstić information content (AvgIpc) is 3.01. The molecule has 6 heteroatoms. The molecular formula is C19H21Cl2NO3. The quantitative estimate of drug-likeness (QED) is 0.449. The summed E-state index contributed by atoms with van der Waals surface area (Å²) in [6, 6.07) is 8.04. The molecule has 1 atom stereocenters. The Morgan fingerprint density at radius 1 is 1.24 bits per heavy atom. The second-order valence-electron chi connectivity index (χ2n) is 7.49. The molecule has 4 nitrogen and oxygen atoms in total. The largest absolute Gasteiger partial charge is 0.457 e. The SMILES string of the molecule is CN1/C(=C\C(=O)COC(=O)C2(C)CC2(Cl)Cl)C(C)(C)c2ccccc21. The maximum absolute atomic E-state index is 12.4. The van der Waals surface area contributed by atoms with Crippen LogP contribution in [0, 0.1) is 5.41 Å². The van der Waals surface area contributed by atoms with Crippen LogP contribution in [-0.2, 0) is 19.7 Å². The van der Waals surface area contributed by atoms with Crippen LogP contribution in [-0.4, -0.2) is 29.7 Å². The van der Waals surface area contributed by atoms with Gasteiger partial charge in [0.15, 0.2) is 12.4 Å². The minimum Gasteiger partial charge on any atom is -0.457 e. The van der Waals surface area contributed by atoms with E-state index in [1.807, 2.05) is 30.1 Å². The van der Waals surface area contributed by atoms with E-state index in [0.29, 0.717) is 6.42 Å². The van der Waals surface area contributed by atoms with Crippen LogP contribution >= 0.6 is 23.2 Å². The zero-order chi connectivity index (χ0) is 18.6. The zero-order valence-corrected chi connectivity index (χ0v) is 16.2. The normalized spacial score (nSPS) is 27.1. The molecule has 1 aromatic carbocycles. The summed E-state index contributed by atoms with van der Waals surface area (Å²) in [5, 5.41) is 0. The fourth-order valence-electron chi connectivity index (χ4n) is 3.37. The van der Waals surface area contributed by atoms with E-state index in [2.05, 4.69) is 19.9 Å². The number of para-hydroxylation sites is 1. The van der Waals surface area contributed by atoms with Crippen molar-refractivity contribution in [3.8, 4) is 0 Å². The molecule has 0 aromatic heterocycles. The number of halogens is 2. The van der Waals surface area contributed by atoms with Crippen LogP contribution in [0.4, 0.5) is 5.69 Å². The molecule has 0 N–H and O–H groups in total. The lowest BCUT2D eigenvalue weighted by Crippen LogP contribution is -2.26. The van der Waals surface area contributed by atoms with Gasteiger partial charge in [-0.25, -0.2) is 0 Å². The molecule has 1 heterocycles. The molecular weight excluding hydrogens is 361 g/mol. The van der Waals surface area contributed by atoms with Gasteiger partial charge < -0.3 is 9.64 Å². The van der Waals surface area contributed by atoms with Crippen LogP contribution in [0.2, 0.25) is 0 Å². The molecule has 0 radical (unpaired) electrons. The van der Waals surface area contributed by atoms with Gasteiger partial charge >= 0.3 is 5.97 Å². The number of anilines is 1. The highest BCUT2D eigenvalue weighted by molar-refractivity contribution is 6.53. The van der Waals surface area contributed by atoms with Crippen molar-refractivity contribution in [1.29, 1.82) is 0 Å². The molecule has 1 aliphatic heterocycles. The summed E-state index contributed by atoms with van der Waals surface area (Å²) in [7, 11) is 1.93. The number of carbonyl (C=O) groups excluding carboxylic acids is 2. The van der Waals surface area contributed by atoms with Crippen LogP contribution in [0.5, 0.6) is 0 Å². The van der Waals surface area contributed by atoms with Crippen LogP contribution in [0.3, 0.4) is 0 Å². The summed E-state index contributed by atoms with van der Waals surface area (Å²) in [5.74, 6) is -0.804. The first-order valence-corrected chi connectivity index (χ1v) is 8.89. The highest BCUT2D eigenvalue weighted by Crippen LogP contribution is 2.64. The lowest BCUT2D eigenvalue weighted by atomic mass is 9.83. The lowest BCUT2D eigenvalue weighted by Gasteiger charge is -2.24. The molecule has 25 heavy (non-hydrogen) atoms. The van der Waals surface area contributed by atoms with Crippen molar-refractivity contribution in [2.45, 2.75) is 36.9 Å². The van der Waals surface area contributed by atoms with E-state index < -0.39 is 15.7 Å². The first-order chi connectivity index (χ1) is 11.5. The van der Waals surface area contributed by atoms with E-state index in [4.69, 9.17) is 27.9 Å². The number of alkyl halides is 2. The lowest BCUT2D eigenvalue weighted by molar-refractivity contribution is -0.152. The number of ether oxygens (including phenoxy) is 1. The zero-order valence-electron chi connectivity index (χ0n) is 14.7. The van der Waals surface area contributed by atoms with Crippen molar-refractivity contribution < 1.29 is 14.3 Å². The summed E-state index contributed by atoms with van der Waals surface area (Å²) in [6.07, 6.45) is 1.89. The molecule has 0 spiro atoms. The molecule has 3 rings (SSSR count). The smallest absolute Gasteiger partial charge is 0.315 e. The number of nitrogens with zero attached hydrogens (tertiary/aromatic N) is 1. The fourth-order valence-corrected chi connectivity index (χ4v) is 4.06. The maximum atomic E-state index is 12.4. The highest BCUT2D eigenvalue weighted by atomic mass is 35.5. The van der Waals surface area contributed by atoms with Gasteiger partial charge in [-0.3, -0.25) is 9.59 Å². The Labute approximate surface area is 157 Å². The summed E-state index contributed by atoms with van der Waals surface area (Å²) >= 11 is 11.9. The van der Waals surface area contributed by atoms with Crippen LogP contribution in [0.25, 0.3) is 0 Å². The number of hydrogen-bond donors (Lipinski definition) is 0. The molecule has 0 amide bonds. The minimum absolute atomic E-state index is 0.268. The molecule has 134 valence electrons. The number of rotatable bonds is 4. The Hall–Kier alpha value is -1.52. The number of hydrogen-bond acceptors (Lipinski definition) is 4. The van der Waals surface area contributed by atoms with Crippen LogP contribution in [0.1, 0.15) is 32.8 Å². The van der Waals surface area contributed by atoms with Gasteiger partial charge in [-0.15, -0.1) is 23.2 Å². The van der Waals surface area contributed by atoms with Gasteiger partial charge in [-0.2, -0.15) is 0 Å². The second-order valence-corrected chi connectivity index (χ2v) is 8.97. The molecule has 2 aliphatic rings. The molecule has 0 bridgehead atoms. The Morgan fingerprint density at radius 3 is 2.40 bits per heavy atom. The molecule has 1 unspecified atom stereocenters. The van der Waals surface area contributed by atoms with E-state index in [1.54, 1.807) is 13.0 Å². The van der Waals surface area contributed by atoms with Gasteiger partial charge in [0.25, 0.3) is 0 Å². The monoisotopic (exact) mass is 381 g/mol. The van der Waals surface area contributed by atoms with E-state index >= 15 is 0 Å². The predicted molar refractivity (Wildman–Crippen MR) is 99.1 cm³/mol. The number of ketones is 1. The third-order valence-corrected chi connectivity index (χ3v) is 6.39. The van der Waals surface area contributed by atoms with E-state index in [1.165, 1.54) is 0 Å². The van der Waals surface area contributed by atoms with E-state index in [0.717, 1.165) is 16.9 Å². The summed E-state index contributed by atoms with van der Waals surface area (Å²) < 4.78 is 4.04. The average molecular weight is 382 g/mol. The molecule has 1 fully saturated rings. The number of benzene rings is 1. The number of likely N-dealkylation sites (N-methyl/N-ethyl adjacent to an activating group) is 1. The standard InChI is InChI=1S/C19H21Cl2NO3/c1-17(2)13-7-5-6-8-14(13)22(4)15(17)9-12(23)10-25-16(24)18(3)11-19(18,20)21/h5-9H,10-11H2,1-4H3/b15-9-. The molecule has 1 aliphatic carbocycles. The van der Waals surface area contributed by atoms with E-state index in [-0.39, 0.29) is 17.8 Å². The number of allylic oxidation sites excluding steroid dienone is 1. The highest BCUT2D eigenvalue weighted by Gasteiger charge is 2.69. The third kappa shape index (κ3) is 2.85. The van der Waals surface area contributed by atoms with Crippen molar-refractivity contribution in [2.75, 3.05) is 18.6 Å². The first-order valence-electron chi connectivity index (χ1n) is 8.14. The van der Waals surface area contributed by atoms with Crippen molar-refractivity contribution in [2.24, 2.45) is 5.41 Å². The van der Waals surface area contributed by atoms with Gasteiger partial charge in [-0.05, 0) is 18.6 Å². The Bertz CT molecular complexity index is 785. The van der Waals surface area contributed by atoms with Gasteiger partial charge in [0.05, 0.1) is 0 Å².